The third-order valence-corrected chi connectivity index (χ3v) is 3.78. The van der Waals surface area contributed by atoms with E-state index in [0.717, 1.165) is 4.88 Å². The number of amides is 1. The van der Waals surface area contributed by atoms with Crippen molar-refractivity contribution in [3.05, 3.63) is 52.0 Å². The molecule has 0 spiro atoms. The molecular formula is C15H14N2O4S. The molecule has 2 aromatic heterocycles. The van der Waals surface area contributed by atoms with Crippen LogP contribution in [-0.4, -0.2) is 29.3 Å². The summed E-state index contributed by atoms with van der Waals surface area (Å²) in [5.41, 5.74) is 0.160. The summed E-state index contributed by atoms with van der Waals surface area (Å²) >= 11 is 1.26. The van der Waals surface area contributed by atoms with Gasteiger partial charge in [0.1, 0.15) is 5.69 Å². The lowest BCUT2D eigenvalue weighted by atomic mass is 10.3. The highest BCUT2D eigenvalue weighted by atomic mass is 32.1. The zero-order valence-corrected chi connectivity index (χ0v) is 12.7. The van der Waals surface area contributed by atoms with Crippen molar-refractivity contribution >= 4 is 29.0 Å². The van der Waals surface area contributed by atoms with Crippen molar-refractivity contribution in [1.29, 1.82) is 0 Å². The molecule has 0 saturated carbocycles. The number of hydrogen-bond acceptors (Lipinski definition) is 6. The lowest BCUT2D eigenvalue weighted by molar-refractivity contribution is -0.119. The minimum Gasteiger partial charge on any atom is -0.453 e. The van der Waals surface area contributed by atoms with Crippen LogP contribution in [-0.2, 0) is 16.1 Å². The number of ketones is 1. The number of Topliss-reactive ketones (excluding diaryl/α,β-unsaturated/α-hetero) is 1. The Morgan fingerprint density at radius 1 is 1.23 bits per heavy atom. The SMILES string of the molecule is CC(=O)NCc1ccc(C(=O)COC(=O)c2ccccn2)s1. The second kappa shape index (κ2) is 7.46. The Labute approximate surface area is 131 Å². The summed E-state index contributed by atoms with van der Waals surface area (Å²) in [6, 6.07) is 8.28. The van der Waals surface area contributed by atoms with Crippen LogP contribution < -0.4 is 5.32 Å². The number of carbonyl (C=O) groups is 3. The first-order chi connectivity index (χ1) is 10.6. The van der Waals surface area contributed by atoms with Gasteiger partial charge in [0.05, 0.1) is 11.4 Å². The monoisotopic (exact) mass is 318 g/mol. The molecule has 0 unspecified atom stereocenters. The largest absolute Gasteiger partial charge is 0.453 e. The maximum atomic E-state index is 12.0. The summed E-state index contributed by atoms with van der Waals surface area (Å²) in [6.07, 6.45) is 1.48. The molecule has 0 radical (unpaired) electrons. The van der Waals surface area contributed by atoms with Gasteiger partial charge in [-0.25, -0.2) is 9.78 Å². The topological polar surface area (TPSA) is 85.4 Å². The molecule has 1 N–H and O–H groups in total. The Bertz CT molecular complexity index is 682. The third kappa shape index (κ3) is 4.49. The van der Waals surface area contributed by atoms with Gasteiger partial charge in [-0.05, 0) is 24.3 Å². The molecule has 0 saturated heterocycles. The number of ether oxygens (including phenoxy) is 1. The van der Waals surface area contributed by atoms with Crippen molar-refractivity contribution in [1.82, 2.24) is 10.3 Å². The van der Waals surface area contributed by atoms with Gasteiger partial charge in [0, 0.05) is 18.0 Å². The van der Waals surface area contributed by atoms with Gasteiger partial charge in [-0.3, -0.25) is 9.59 Å². The Balaban J connectivity index is 1.87. The van der Waals surface area contributed by atoms with Crippen LogP contribution in [0.1, 0.15) is 32.0 Å². The predicted molar refractivity (Wildman–Crippen MR) is 80.7 cm³/mol. The molecule has 6 nitrogen and oxygen atoms in total. The molecule has 0 aromatic carbocycles. The third-order valence-electron chi connectivity index (χ3n) is 2.66. The number of esters is 1. The van der Waals surface area contributed by atoms with Gasteiger partial charge in [-0.15, -0.1) is 11.3 Å². The predicted octanol–water partition coefficient (Wildman–Crippen LogP) is 1.82. The maximum Gasteiger partial charge on any atom is 0.357 e. The molecule has 0 atom stereocenters. The van der Waals surface area contributed by atoms with Crippen LogP contribution in [0.15, 0.2) is 36.5 Å². The normalized spacial score (nSPS) is 10.0. The van der Waals surface area contributed by atoms with Crippen LogP contribution in [0.4, 0.5) is 0 Å². The van der Waals surface area contributed by atoms with Crippen LogP contribution >= 0.6 is 11.3 Å². The maximum absolute atomic E-state index is 12.0. The number of carbonyl (C=O) groups excluding carboxylic acids is 3. The molecule has 0 bridgehead atoms. The second-order valence-electron chi connectivity index (χ2n) is 4.39. The molecule has 1 amide bonds. The fraction of sp³-hybridized carbons (Fsp3) is 0.200. The number of aromatic nitrogens is 1. The van der Waals surface area contributed by atoms with Gasteiger partial charge < -0.3 is 10.1 Å². The number of pyridine rings is 1. The van der Waals surface area contributed by atoms with Gasteiger partial charge in [-0.2, -0.15) is 0 Å². The smallest absolute Gasteiger partial charge is 0.357 e. The first-order valence-corrected chi connectivity index (χ1v) is 7.32. The Morgan fingerprint density at radius 3 is 2.73 bits per heavy atom. The summed E-state index contributed by atoms with van der Waals surface area (Å²) in [5, 5.41) is 2.65. The minimum absolute atomic E-state index is 0.134. The Morgan fingerprint density at radius 2 is 2.05 bits per heavy atom. The number of nitrogens with one attached hydrogen (secondary N) is 1. The van der Waals surface area contributed by atoms with Crippen molar-refractivity contribution in [3.8, 4) is 0 Å². The van der Waals surface area contributed by atoms with E-state index in [9.17, 15) is 14.4 Å². The fourth-order valence-electron chi connectivity index (χ4n) is 1.59. The lowest BCUT2D eigenvalue weighted by Crippen LogP contribution is -2.18. The summed E-state index contributed by atoms with van der Waals surface area (Å²) in [5.74, 6) is -1.06. The molecule has 114 valence electrons. The standard InChI is InChI=1S/C15H14N2O4S/c1-10(18)17-8-11-5-6-14(22-11)13(19)9-21-15(20)12-4-2-3-7-16-12/h2-7H,8-9H2,1H3,(H,17,18). The highest BCUT2D eigenvalue weighted by molar-refractivity contribution is 7.14. The molecule has 0 aliphatic rings. The minimum atomic E-state index is -0.635. The van der Waals surface area contributed by atoms with Crippen LogP contribution in [0, 0.1) is 0 Å². The molecule has 0 aliphatic heterocycles. The highest BCUT2D eigenvalue weighted by Crippen LogP contribution is 2.17. The average Bonchev–Trinajstić information content (AvgIpc) is 3.00. The van der Waals surface area contributed by atoms with Crippen molar-refractivity contribution in [2.24, 2.45) is 0 Å². The van der Waals surface area contributed by atoms with E-state index in [2.05, 4.69) is 10.3 Å². The first kappa shape index (κ1) is 15.8. The Hall–Kier alpha value is -2.54. The van der Waals surface area contributed by atoms with Crippen LogP contribution in [0.3, 0.4) is 0 Å². The van der Waals surface area contributed by atoms with Gasteiger partial charge in [0.15, 0.2) is 6.61 Å². The van der Waals surface area contributed by atoms with E-state index in [1.807, 2.05) is 0 Å². The number of thiophene rings is 1. The summed E-state index contributed by atoms with van der Waals surface area (Å²) in [4.78, 5) is 39.7. The zero-order chi connectivity index (χ0) is 15.9. The molecule has 2 aromatic rings. The Kier molecular flexibility index (Phi) is 5.37. The van der Waals surface area contributed by atoms with E-state index in [0.29, 0.717) is 11.4 Å². The first-order valence-electron chi connectivity index (χ1n) is 6.51. The zero-order valence-electron chi connectivity index (χ0n) is 11.9. The van der Waals surface area contributed by atoms with Crippen LogP contribution in [0.25, 0.3) is 0 Å². The van der Waals surface area contributed by atoms with Crippen LogP contribution in [0.5, 0.6) is 0 Å². The van der Waals surface area contributed by atoms with Gasteiger partial charge >= 0.3 is 5.97 Å². The van der Waals surface area contributed by atoms with E-state index < -0.39 is 5.97 Å². The quantitative estimate of drug-likeness (QED) is 0.648. The number of nitrogens with zero attached hydrogens (tertiary/aromatic N) is 1. The summed E-state index contributed by atoms with van der Waals surface area (Å²) in [6.45, 7) is 1.47. The van der Waals surface area contributed by atoms with Crippen molar-refractivity contribution in [3.63, 3.8) is 0 Å². The van der Waals surface area contributed by atoms with E-state index in [4.69, 9.17) is 4.74 Å². The molecule has 2 heterocycles. The molecule has 0 fully saturated rings. The van der Waals surface area contributed by atoms with E-state index in [-0.39, 0.29) is 24.0 Å². The van der Waals surface area contributed by atoms with Gasteiger partial charge in [0.25, 0.3) is 0 Å². The molecule has 2 rings (SSSR count). The summed E-state index contributed by atoms with van der Waals surface area (Å²) < 4.78 is 4.94. The van der Waals surface area contributed by atoms with Crippen LogP contribution in [0.2, 0.25) is 0 Å². The van der Waals surface area contributed by atoms with Gasteiger partial charge in [-0.1, -0.05) is 6.07 Å². The number of rotatable bonds is 6. The van der Waals surface area contributed by atoms with Crippen molar-refractivity contribution < 1.29 is 19.1 Å². The average molecular weight is 318 g/mol. The fourth-order valence-corrected chi connectivity index (χ4v) is 2.47. The molecule has 22 heavy (non-hydrogen) atoms. The van der Waals surface area contributed by atoms with Crippen molar-refractivity contribution in [2.75, 3.05) is 6.61 Å². The highest BCUT2D eigenvalue weighted by Gasteiger charge is 2.14. The molecule has 0 aliphatic carbocycles. The number of hydrogen-bond donors (Lipinski definition) is 1. The van der Waals surface area contributed by atoms with Gasteiger partial charge in [0.2, 0.25) is 11.7 Å². The van der Waals surface area contributed by atoms with E-state index >= 15 is 0 Å². The molecular weight excluding hydrogens is 304 g/mol. The molecule has 7 heteroatoms. The van der Waals surface area contributed by atoms with E-state index in [1.54, 1.807) is 24.3 Å². The second-order valence-corrected chi connectivity index (χ2v) is 5.56. The summed E-state index contributed by atoms with van der Waals surface area (Å²) in [7, 11) is 0. The van der Waals surface area contributed by atoms with Crippen molar-refractivity contribution in [2.45, 2.75) is 13.5 Å². The van der Waals surface area contributed by atoms with E-state index in [1.165, 1.54) is 30.5 Å². The lowest BCUT2D eigenvalue weighted by Gasteiger charge is -2.02.